The van der Waals surface area contributed by atoms with Gasteiger partial charge in [0.15, 0.2) is 24.6 Å². The first kappa shape index (κ1) is 73.2. The van der Waals surface area contributed by atoms with Gasteiger partial charge in [-0.15, -0.1) is 0 Å². The maximum absolute atomic E-state index is 13.2. The third kappa shape index (κ3) is 44.5. The molecule has 0 amide bonds. The van der Waals surface area contributed by atoms with E-state index >= 15 is 0 Å². The van der Waals surface area contributed by atoms with Gasteiger partial charge in [-0.25, -0.2) is 4.79 Å². The minimum Gasteiger partial charge on any atom is -0.479 e. The van der Waals surface area contributed by atoms with Crippen molar-refractivity contribution in [2.24, 2.45) is 0 Å². The number of carboxylic acids is 1. The number of esters is 3. The van der Waals surface area contributed by atoms with Crippen molar-refractivity contribution in [3.63, 3.8) is 0 Å². The molecule has 0 aliphatic carbocycles. The van der Waals surface area contributed by atoms with Crippen LogP contribution in [0.3, 0.4) is 0 Å². The van der Waals surface area contributed by atoms with Crippen molar-refractivity contribution in [3.8, 4) is 0 Å². The van der Waals surface area contributed by atoms with Crippen LogP contribution < -0.4 is 0 Å². The molecule has 1 heterocycles. The molecule has 0 aromatic heterocycles. The van der Waals surface area contributed by atoms with E-state index in [0.717, 1.165) is 109 Å². The van der Waals surface area contributed by atoms with Gasteiger partial charge in [0.25, 0.3) is 0 Å². The number of hydrogen-bond donors (Lipinski definition) is 3. The minimum absolute atomic E-state index is 0.0467. The molecule has 0 saturated carbocycles. The molecule has 3 N–H and O–H groups in total. The van der Waals surface area contributed by atoms with Crippen LogP contribution in [0.4, 0.5) is 0 Å². The Morgan fingerprint density at radius 1 is 0.430 bits per heavy atom. The highest BCUT2D eigenvalue weighted by molar-refractivity contribution is 5.74. The van der Waals surface area contributed by atoms with E-state index in [9.17, 15) is 34.5 Å². The molecule has 1 fully saturated rings. The maximum Gasteiger partial charge on any atom is 0.335 e. The van der Waals surface area contributed by atoms with Crippen LogP contribution in [0.5, 0.6) is 0 Å². The third-order valence-corrected chi connectivity index (χ3v) is 14.3. The molecule has 0 aromatic carbocycles. The number of hydrogen-bond acceptors (Lipinski definition) is 11. The van der Waals surface area contributed by atoms with Gasteiger partial charge in [0, 0.05) is 19.3 Å². The molecule has 12 nitrogen and oxygen atoms in total. The van der Waals surface area contributed by atoms with E-state index < -0.39 is 67.3 Å². The fraction of sp³-hybridized carbons (Fsp3) is 0.761. The van der Waals surface area contributed by atoms with Crippen molar-refractivity contribution < 1.29 is 58.2 Å². The smallest absolute Gasteiger partial charge is 0.335 e. The Bertz CT molecular complexity index is 1650. The molecular weight excluding hydrogens is 997 g/mol. The highest BCUT2D eigenvalue weighted by Crippen LogP contribution is 2.27. The molecule has 6 atom stereocenters. The number of ether oxygens (including phenoxy) is 5. The number of aliphatic carboxylic acids is 1. The van der Waals surface area contributed by atoms with Crippen molar-refractivity contribution in [3.05, 3.63) is 72.9 Å². The normalized spacial score (nSPS) is 18.3. The second kappa shape index (κ2) is 54.7. The summed E-state index contributed by atoms with van der Waals surface area (Å²) in [6.07, 6.45) is 57.2. The van der Waals surface area contributed by atoms with Gasteiger partial charge in [-0.3, -0.25) is 14.4 Å². The van der Waals surface area contributed by atoms with E-state index in [-0.39, 0.29) is 25.9 Å². The SMILES string of the molecule is CC/C=C\C/C=C\C/C=C\C/C=C\C/C=C\CCCCCC(=O)OCC(COC1OC(C(=O)O)C(O)C(O)C1OC(=O)CCCCCCC/C=C\CCCCCC)OC(=O)CCCCCCCCCCCCCCCCCCC. The standard InChI is InChI=1S/C67H114O12/c1-4-7-10-13-16-19-22-25-27-29-30-32-33-36-38-41-44-47-50-53-59(68)75-56-58(77-60(69)54-51-48-45-42-40-37-34-31-28-26-23-20-17-14-11-8-5-2)57-76-67-65(63(72)62(71)64(79-67)66(73)74)78-61(70)55-52-49-46-43-39-35-24-21-18-15-12-9-6-3/h7,10,16,19,21,24-25,27,30,32,36,38,58,62-65,67,71-72H,4-6,8-9,11-15,17-18,20,22-23,26,28-29,31,33-35,37,39-57H2,1-3H3,(H,73,74)/b10-7-,19-16-,24-21-,27-25-,32-30-,38-36-. The molecule has 6 unspecified atom stereocenters. The van der Waals surface area contributed by atoms with Crippen LogP contribution in [0.1, 0.15) is 278 Å². The lowest BCUT2D eigenvalue weighted by molar-refractivity contribution is -0.301. The summed E-state index contributed by atoms with van der Waals surface area (Å²) in [6, 6.07) is 0. The van der Waals surface area contributed by atoms with Gasteiger partial charge in [-0.05, 0) is 89.9 Å². The Morgan fingerprint density at radius 2 is 0.797 bits per heavy atom. The predicted molar refractivity (Wildman–Crippen MR) is 322 cm³/mol. The zero-order chi connectivity index (χ0) is 57.5. The Labute approximate surface area is 480 Å². The highest BCUT2D eigenvalue weighted by Gasteiger charge is 2.50. The van der Waals surface area contributed by atoms with E-state index in [1.165, 1.54) is 109 Å². The quantitative estimate of drug-likeness (QED) is 0.0228. The fourth-order valence-electron chi connectivity index (χ4n) is 9.39. The zero-order valence-corrected chi connectivity index (χ0v) is 50.1. The lowest BCUT2D eigenvalue weighted by atomic mass is 9.98. The summed E-state index contributed by atoms with van der Waals surface area (Å²) in [5.74, 6) is -3.16. The van der Waals surface area contributed by atoms with Gasteiger partial charge in [0.05, 0.1) is 6.61 Å². The topological polar surface area (TPSA) is 175 Å². The first-order valence-corrected chi connectivity index (χ1v) is 31.9. The van der Waals surface area contributed by atoms with Crippen LogP contribution in [0.15, 0.2) is 72.9 Å². The Balaban J connectivity index is 2.69. The summed E-state index contributed by atoms with van der Waals surface area (Å²) in [5.41, 5.74) is 0. The average Bonchev–Trinajstić information content (AvgIpc) is 3.44. The van der Waals surface area contributed by atoms with Crippen molar-refractivity contribution in [1.82, 2.24) is 0 Å². The van der Waals surface area contributed by atoms with Gasteiger partial charge < -0.3 is 39.0 Å². The number of allylic oxidation sites excluding steroid dienone is 12. The predicted octanol–water partition coefficient (Wildman–Crippen LogP) is 16.9. The molecule has 454 valence electrons. The van der Waals surface area contributed by atoms with Gasteiger partial charge in [-0.2, -0.15) is 0 Å². The first-order chi connectivity index (χ1) is 38.6. The van der Waals surface area contributed by atoms with Gasteiger partial charge in [0.2, 0.25) is 0 Å². The summed E-state index contributed by atoms with van der Waals surface area (Å²) < 4.78 is 28.5. The van der Waals surface area contributed by atoms with Crippen molar-refractivity contribution in [2.75, 3.05) is 13.2 Å². The Morgan fingerprint density at radius 3 is 1.25 bits per heavy atom. The number of unbranched alkanes of at least 4 members (excludes halogenated alkanes) is 28. The third-order valence-electron chi connectivity index (χ3n) is 14.3. The second-order valence-electron chi connectivity index (χ2n) is 21.7. The van der Waals surface area contributed by atoms with Crippen LogP contribution in [-0.2, 0) is 42.9 Å². The average molecular weight is 1110 g/mol. The van der Waals surface area contributed by atoms with Crippen molar-refractivity contribution >= 4 is 23.9 Å². The zero-order valence-electron chi connectivity index (χ0n) is 50.1. The summed E-state index contributed by atoms with van der Waals surface area (Å²) in [5, 5.41) is 31.5. The largest absolute Gasteiger partial charge is 0.479 e. The molecular formula is C67H114O12. The molecule has 1 aliphatic rings. The molecule has 1 saturated heterocycles. The molecule has 1 rings (SSSR count). The molecule has 0 bridgehead atoms. The minimum atomic E-state index is -1.91. The van der Waals surface area contributed by atoms with E-state index in [4.69, 9.17) is 23.7 Å². The highest BCUT2D eigenvalue weighted by atomic mass is 16.7. The number of aliphatic hydroxyl groups excluding tert-OH is 2. The van der Waals surface area contributed by atoms with Crippen molar-refractivity contribution in [1.29, 1.82) is 0 Å². The number of aliphatic hydroxyl groups is 2. The monoisotopic (exact) mass is 1110 g/mol. The molecule has 0 spiro atoms. The van der Waals surface area contributed by atoms with E-state index in [2.05, 4.69) is 93.7 Å². The molecule has 79 heavy (non-hydrogen) atoms. The van der Waals surface area contributed by atoms with Crippen LogP contribution in [0, 0.1) is 0 Å². The van der Waals surface area contributed by atoms with Crippen LogP contribution in [-0.4, -0.2) is 89.2 Å². The number of carbonyl (C=O) groups excluding carboxylic acids is 3. The molecule has 12 heteroatoms. The van der Waals surface area contributed by atoms with E-state index in [1.54, 1.807) is 0 Å². The van der Waals surface area contributed by atoms with E-state index in [1.807, 2.05) is 0 Å². The maximum atomic E-state index is 13.2. The Hall–Kier alpha value is -3.84. The number of carbonyl (C=O) groups is 4. The molecule has 1 aliphatic heterocycles. The summed E-state index contributed by atoms with van der Waals surface area (Å²) in [4.78, 5) is 51.3. The van der Waals surface area contributed by atoms with Crippen LogP contribution in [0.2, 0.25) is 0 Å². The number of rotatable bonds is 54. The lowest BCUT2D eigenvalue weighted by Crippen LogP contribution is -2.61. The number of carboxylic acid groups (broad SMARTS) is 1. The summed E-state index contributed by atoms with van der Waals surface area (Å²) >= 11 is 0. The van der Waals surface area contributed by atoms with Gasteiger partial charge in [-0.1, -0.05) is 241 Å². The van der Waals surface area contributed by atoms with Crippen LogP contribution >= 0.6 is 0 Å². The fourth-order valence-corrected chi connectivity index (χ4v) is 9.39. The van der Waals surface area contributed by atoms with Gasteiger partial charge in [0.1, 0.15) is 18.8 Å². The van der Waals surface area contributed by atoms with E-state index in [0.29, 0.717) is 19.3 Å². The molecule has 0 aromatic rings. The van der Waals surface area contributed by atoms with Gasteiger partial charge >= 0.3 is 23.9 Å². The second-order valence-corrected chi connectivity index (χ2v) is 21.7. The molecule has 0 radical (unpaired) electrons. The Kier molecular flexibility index (Phi) is 50.7. The summed E-state index contributed by atoms with van der Waals surface area (Å²) in [6.45, 7) is 5.86. The van der Waals surface area contributed by atoms with Crippen LogP contribution in [0.25, 0.3) is 0 Å². The summed E-state index contributed by atoms with van der Waals surface area (Å²) in [7, 11) is 0. The first-order valence-electron chi connectivity index (χ1n) is 31.9. The van der Waals surface area contributed by atoms with Crippen molar-refractivity contribution in [2.45, 2.75) is 314 Å². The lowest BCUT2D eigenvalue weighted by Gasteiger charge is -2.40.